The van der Waals surface area contributed by atoms with Crippen LogP contribution in [-0.2, 0) is 9.53 Å². The third-order valence-electron chi connectivity index (χ3n) is 2.62. The molecule has 2 N–H and O–H groups in total. The molecular formula is C13H15N3O4. The smallest absolute Gasteiger partial charge is 0.328 e. The Kier molecular flexibility index (Phi) is 5.50. The number of amides is 2. The zero-order valence-corrected chi connectivity index (χ0v) is 11.2. The van der Waals surface area contributed by atoms with Crippen molar-refractivity contribution in [1.82, 2.24) is 5.32 Å². The summed E-state index contributed by atoms with van der Waals surface area (Å²) in [5.41, 5.74) is 0.720. The second kappa shape index (κ2) is 7.11. The SMILES string of the molecule is COCC(NC(=O)N(C)c1ccccc1C#N)C(=O)O. The van der Waals surface area contributed by atoms with Gasteiger partial charge >= 0.3 is 12.0 Å². The van der Waals surface area contributed by atoms with E-state index in [0.717, 1.165) is 0 Å². The molecule has 0 spiro atoms. The zero-order chi connectivity index (χ0) is 15.1. The van der Waals surface area contributed by atoms with Gasteiger partial charge < -0.3 is 15.2 Å². The standard InChI is InChI=1S/C13H15N3O4/c1-16(11-6-4-3-5-9(11)7-14)13(19)15-10(8-20-2)12(17)18/h3-6,10H,8H2,1-2H3,(H,15,19)(H,17,18). The summed E-state index contributed by atoms with van der Waals surface area (Å²) in [5.74, 6) is -1.19. The van der Waals surface area contributed by atoms with E-state index in [1.54, 1.807) is 24.3 Å². The Hall–Kier alpha value is -2.59. The number of benzene rings is 1. The summed E-state index contributed by atoms with van der Waals surface area (Å²) in [7, 11) is 2.80. The van der Waals surface area contributed by atoms with Gasteiger partial charge in [-0.2, -0.15) is 5.26 Å². The van der Waals surface area contributed by atoms with Gasteiger partial charge in [0.2, 0.25) is 0 Å². The fourth-order valence-corrected chi connectivity index (χ4v) is 1.56. The molecule has 0 fully saturated rings. The number of hydrogen-bond acceptors (Lipinski definition) is 4. The van der Waals surface area contributed by atoms with E-state index in [9.17, 15) is 9.59 Å². The zero-order valence-electron chi connectivity index (χ0n) is 11.2. The molecule has 106 valence electrons. The predicted molar refractivity (Wildman–Crippen MR) is 71.4 cm³/mol. The number of ether oxygens (including phenoxy) is 1. The van der Waals surface area contributed by atoms with Crippen LogP contribution in [-0.4, -0.2) is 43.9 Å². The van der Waals surface area contributed by atoms with Crippen molar-refractivity contribution in [2.75, 3.05) is 25.7 Å². The van der Waals surface area contributed by atoms with Crippen molar-refractivity contribution in [3.05, 3.63) is 29.8 Å². The van der Waals surface area contributed by atoms with E-state index < -0.39 is 18.0 Å². The van der Waals surface area contributed by atoms with Gasteiger partial charge in [0.15, 0.2) is 6.04 Å². The van der Waals surface area contributed by atoms with E-state index in [2.05, 4.69) is 5.32 Å². The van der Waals surface area contributed by atoms with Crippen LogP contribution in [0.1, 0.15) is 5.56 Å². The van der Waals surface area contributed by atoms with E-state index >= 15 is 0 Å². The minimum absolute atomic E-state index is 0.144. The number of carboxylic acid groups (broad SMARTS) is 1. The molecule has 1 rings (SSSR count). The van der Waals surface area contributed by atoms with Gasteiger partial charge in [-0.3, -0.25) is 4.90 Å². The lowest BCUT2D eigenvalue weighted by Gasteiger charge is -2.21. The molecule has 0 aliphatic rings. The van der Waals surface area contributed by atoms with Crippen molar-refractivity contribution in [3.8, 4) is 6.07 Å². The third kappa shape index (κ3) is 3.70. The molecule has 0 radical (unpaired) electrons. The van der Waals surface area contributed by atoms with Crippen LogP contribution in [0, 0.1) is 11.3 Å². The van der Waals surface area contributed by atoms with E-state index in [1.165, 1.54) is 19.1 Å². The molecule has 2 amide bonds. The van der Waals surface area contributed by atoms with Gasteiger partial charge in [-0.25, -0.2) is 9.59 Å². The van der Waals surface area contributed by atoms with Crippen LogP contribution >= 0.6 is 0 Å². The Balaban J connectivity index is 2.86. The van der Waals surface area contributed by atoms with Crippen LogP contribution in [0.25, 0.3) is 0 Å². The highest BCUT2D eigenvalue weighted by Crippen LogP contribution is 2.18. The maximum absolute atomic E-state index is 12.0. The highest BCUT2D eigenvalue weighted by atomic mass is 16.5. The number of carbonyl (C=O) groups excluding carboxylic acids is 1. The summed E-state index contributed by atoms with van der Waals surface area (Å²) in [6.07, 6.45) is 0. The summed E-state index contributed by atoms with van der Waals surface area (Å²) < 4.78 is 4.73. The Morgan fingerprint density at radius 3 is 2.70 bits per heavy atom. The van der Waals surface area contributed by atoms with Crippen LogP contribution in [0.5, 0.6) is 0 Å². The summed E-state index contributed by atoms with van der Waals surface area (Å²) in [4.78, 5) is 24.1. The molecular weight excluding hydrogens is 262 g/mol. The number of para-hydroxylation sites is 1. The lowest BCUT2D eigenvalue weighted by atomic mass is 10.2. The van der Waals surface area contributed by atoms with Gasteiger partial charge in [0.25, 0.3) is 0 Å². The number of aliphatic carboxylic acids is 1. The van der Waals surface area contributed by atoms with Crippen molar-refractivity contribution in [2.45, 2.75) is 6.04 Å². The van der Waals surface area contributed by atoms with Crippen molar-refractivity contribution in [1.29, 1.82) is 5.26 Å². The lowest BCUT2D eigenvalue weighted by molar-refractivity contribution is -0.140. The monoisotopic (exact) mass is 277 g/mol. The van der Waals surface area contributed by atoms with Crippen molar-refractivity contribution in [3.63, 3.8) is 0 Å². The number of nitrogens with zero attached hydrogens (tertiary/aromatic N) is 2. The summed E-state index contributed by atoms with van der Waals surface area (Å²) >= 11 is 0. The molecule has 0 aromatic heterocycles. The quantitative estimate of drug-likeness (QED) is 0.828. The number of anilines is 1. The highest BCUT2D eigenvalue weighted by Gasteiger charge is 2.23. The molecule has 20 heavy (non-hydrogen) atoms. The van der Waals surface area contributed by atoms with Gasteiger partial charge in [0, 0.05) is 14.2 Å². The molecule has 1 aromatic rings. The lowest BCUT2D eigenvalue weighted by Crippen LogP contribution is -2.49. The number of hydrogen-bond donors (Lipinski definition) is 2. The number of rotatable bonds is 5. The van der Waals surface area contributed by atoms with Gasteiger partial charge in [-0.05, 0) is 12.1 Å². The molecule has 1 atom stereocenters. The fraction of sp³-hybridized carbons (Fsp3) is 0.308. The van der Waals surface area contributed by atoms with Crippen LogP contribution < -0.4 is 10.2 Å². The van der Waals surface area contributed by atoms with Crippen molar-refractivity contribution < 1.29 is 19.4 Å². The van der Waals surface area contributed by atoms with E-state index in [4.69, 9.17) is 15.1 Å². The molecule has 1 aromatic carbocycles. The average Bonchev–Trinajstić information content (AvgIpc) is 2.45. The summed E-state index contributed by atoms with van der Waals surface area (Å²) in [6.45, 7) is -0.144. The summed E-state index contributed by atoms with van der Waals surface area (Å²) in [6, 6.07) is 6.73. The number of nitriles is 1. The maximum atomic E-state index is 12.0. The number of carbonyl (C=O) groups is 2. The molecule has 1 unspecified atom stereocenters. The molecule has 0 saturated carbocycles. The van der Waals surface area contributed by atoms with Crippen LogP contribution in [0.2, 0.25) is 0 Å². The predicted octanol–water partition coefficient (Wildman–Crippen LogP) is 0.804. The highest BCUT2D eigenvalue weighted by molar-refractivity contribution is 5.95. The second-order valence-corrected chi connectivity index (χ2v) is 3.98. The average molecular weight is 277 g/mol. The first kappa shape index (κ1) is 15.5. The van der Waals surface area contributed by atoms with Crippen molar-refractivity contribution >= 4 is 17.7 Å². The van der Waals surface area contributed by atoms with Crippen LogP contribution in [0.15, 0.2) is 24.3 Å². The third-order valence-corrected chi connectivity index (χ3v) is 2.62. The van der Waals surface area contributed by atoms with E-state index in [0.29, 0.717) is 11.3 Å². The van der Waals surface area contributed by atoms with Crippen LogP contribution in [0.3, 0.4) is 0 Å². The molecule has 0 saturated heterocycles. The van der Waals surface area contributed by atoms with E-state index in [1.807, 2.05) is 6.07 Å². The molecule has 7 heteroatoms. The summed E-state index contributed by atoms with van der Waals surface area (Å²) in [5, 5.41) is 20.2. The Morgan fingerprint density at radius 2 is 2.15 bits per heavy atom. The number of methoxy groups -OCH3 is 1. The Bertz CT molecular complexity index is 539. The van der Waals surface area contributed by atoms with Crippen LogP contribution in [0.4, 0.5) is 10.5 Å². The fourth-order valence-electron chi connectivity index (χ4n) is 1.56. The molecule has 0 aliphatic heterocycles. The maximum Gasteiger partial charge on any atom is 0.328 e. The minimum Gasteiger partial charge on any atom is -0.480 e. The molecule has 0 heterocycles. The minimum atomic E-state index is -1.19. The number of nitrogens with one attached hydrogen (secondary N) is 1. The number of urea groups is 1. The largest absolute Gasteiger partial charge is 0.480 e. The normalized spacial score (nSPS) is 11.2. The van der Waals surface area contributed by atoms with Gasteiger partial charge in [-0.1, -0.05) is 12.1 Å². The van der Waals surface area contributed by atoms with Gasteiger partial charge in [0.1, 0.15) is 6.07 Å². The van der Waals surface area contributed by atoms with Gasteiger partial charge in [0.05, 0.1) is 17.9 Å². The molecule has 7 nitrogen and oxygen atoms in total. The second-order valence-electron chi connectivity index (χ2n) is 3.98. The van der Waals surface area contributed by atoms with Gasteiger partial charge in [-0.15, -0.1) is 0 Å². The van der Waals surface area contributed by atoms with E-state index in [-0.39, 0.29) is 6.61 Å². The van der Waals surface area contributed by atoms with Crippen molar-refractivity contribution in [2.24, 2.45) is 0 Å². The Morgan fingerprint density at radius 1 is 1.50 bits per heavy atom. The first-order valence-corrected chi connectivity index (χ1v) is 5.76. The Labute approximate surface area is 116 Å². The molecule has 0 aliphatic carbocycles. The first-order chi connectivity index (χ1) is 9.51. The molecule has 0 bridgehead atoms. The topological polar surface area (TPSA) is 103 Å². The first-order valence-electron chi connectivity index (χ1n) is 5.76. The number of carboxylic acids is 1.